The van der Waals surface area contributed by atoms with Crippen LogP contribution in [0.3, 0.4) is 0 Å². The van der Waals surface area contributed by atoms with Crippen LogP contribution in [0.1, 0.15) is 17.0 Å². The van der Waals surface area contributed by atoms with Gasteiger partial charge in [-0.1, -0.05) is 103 Å². The molecule has 9 nitrogen and oxygen atoms in total. The van der Waals surface area contributed by atoms with Crippen LogP contribution in [0.15, 0.2) is 152 Å². The molecular weight excluding hydrogens is 667 g/mol. The van der Waals surface area contributed by atoms with Crippen LogP contribution in [-0.2, 0) is 0 Å². The summed E-state index contributed by atoms with van der Waals surface area (Å²) in [4.78, 5) is 28.6. The molecule has 0 saturated carbocycles. The first kappa shape index (κ1) is 33.0. The summed E-state index contributed by atoms with van der Waals surface area (Å²) < 4.78 is 0. The minimum atomic E-state index is 0.334. The van der Waals surface area contributed by atoms with Gasteiger partial charge in [-0.25, -0.2) is 29.9 Å². The lowest BCUT2D eigenvalue weighted by atomic mass is 10.0. The highest BCUT2D eigenvalue weighted by atomic mass is 15.0. The average Bonchev–Trinajstić information content (AvgIpc) is 3.26. The summed E-state index contributed by atoms with van der Waals surface area (Å²) in [7, 11) is 0. The number of aromatic nitrogens is 6. The average molecular weight is 692 g/mol. The highest BCUT2D eigenvalue weighted by molar-refractivity contribution is 5.76. The predicted molar refractivity (Wildman–Crippen MR) is 205 cm³/mol. The van der Waals surface area contributed by atoms with Crippen molar-refractivity contribution in [2.75, 3.05) is 0 Å². The van der Waals surface area contributed by atoms with E-state index in [2.05, 4.69) is 28.2 Å². The van der Waals surface area contributed by atoms with Crippen molar-refractivity contribution in [1.29, 1.82) is 15.8 Å². The second kappa shape index (κ2) is 14.6. The molecule has 54 heavy (non-hydrogen) atoms. The first-order chi connectivity index (χ1) is 26.6. The molecule has 0 aliphatic heterocycles. The number of pyridine rings is 3. The summed E-state index contributed by atoms with van der Waals surface area (Å²) in [5.41, 5.74) is 9.42. The Morgan fingerprint density at radius 2 is 0.722 bits per heavy atom. The third-order valence-corrected chi connectivity index (χ3v) is 8.66. The maximum atomic E-state index is 10.0. The fourth-order valence-electron chi connectivity index (χ4n) is 6.00. The molecule has 9 heteroatoms. The zero-order chi connectivity index (χ0) is 36.9. The Kier molecular flexibility index (Phi) is 8.90. The molecule has 0 saturated heterocycles. The zero-order valence-electron chi connectivity index (χ0n) is 28.5. The first-order valence-electron chi connectivity index (χ1n) is 16.9. The lowest BCUT2D eigenvalue weighted by molar-refractivity contribution is 1.07. The molecule has 4 heterocycles. The molecule has 4 aromatic carbocycles. The summed E-state index contributed by atoms with van der Waals surface area (Å²) in [5, 5.41) is 28.7. The van der Waals surface area contributed by atoms with Crippen LogP contribution in [0, 0.1) is 34.0 Å². The number of nitriles is 3. The Bertz CT molecular complexity index is 2810. The summed E-state index contributed by atoms with van der Waals surface area (Å²) in [6.07, 6.45) is 0. The first-order valence-corrected chi connectivity index (χ1v) is 16.9. The SMILES string of the molecule is N#Cc1cc(-c2cccc(-c3cccc(C#N)n3)c2)nc(-c2cccc(-c3nc(-c4ccccc4)nc(-c4ccc(-c5cccc(C#N)n5)cc4)n3)c2)c1. The fraction of sp³-hybridized carbons (Fsp3) is 0. The highest BCUT2D eigenvalue weighted by Gasteiger charge is 2.15. The van der Waals surface area contributed by atoms with Crippen molar-refractivity contribution in [1.82, 2.24) is 29.9 Å². The van der Waals surface area contributed by atoms with Gasteiger partial charge in [0.1, 0.15) is 23.5 Å². The summed E-state index contributed by atoms with van der Waals surface area (Å²) in [6, 6.07) is 53.7. The monoisotopic (exact) mass is 691 g/mol. The van der Waals surface area contributed by atoms with Crippen LogP contribution in [0.4, 0.5) is 0 Å². The van der Waals surface area contributed by atoms with E-state index < -0.39 is 0 Å². The minimum absolute atomic E-state index is 0.334. The molecule has 0 amide bonds. The molecule has 4 aromatic heterocycles. The summed E-state index contributed by atoms with van der Waals surface area (Å²) in [5.74, 6) is 1.50. The van der Waals surface area contributed by atoms with E-state index in [0.717, 1.165) is 38.9 Å². The normalized spacial score (nSPS) is 10.5. The minimum Gasteiger partial charge on any atom is -0.248 e. The van der Waals surface area contributed by atoms with Gasteiger partial charge in [0, 0.05) is 38.9 Å². The molecule has 0 fully saturated rings. The number of rotatable bonds is 7. The molecule has 0 aliphatic carbocycles. The van der Waals surface area contributed by atoms with Gasteiger partial charge in [0.05, 0.1) is 34.4 Å². The Balaban J connectivity index is 1.18. The van der Waals surface area contributed by atoms with Gasteiger partial charge < -0.3 is 0 Å². The van der Waals surface area contributed by atoms with Gasteiger partial charge in [-0.05, 0) is 48.5 Å². The topological polar surface area (TPSA) is 149 Å². The lowest BCUT2D eigenvalue weighted by Gasteiger charge is -2.11. The highest BCUT2D eigenvalue weighted by Crippen LogP contribution is 2.31. The second-order valence-corrected chi connectivity index (χ2v) is 12.2. The van der Waals surface area contributed by atoms with Gasteiger partial charge in [-0.15, -0.1) is 0 Å². The predicted octanol–water partition coefficient (Wildman–Crippen LogP) is 9.34. The number of benzene rings is 4. The largest absolute Gasteiger partial charge is 0.248 e. The van der Waals surface area contributed by atoms with Crippen LogP contribution in [-0.4, -0.2) is 29.9 Å². The molecule has 0 N–H and O–H groups in total. The van der Waals surface area contributed by atoms with E-state index in [1.54, 1.807) is 30.3 Å². The van der Waals surface area contributed by atoms with Crippen LogP contribution in [0.25, 0.3) is 79.2 Å². The van der Waals surface area contributed by atoms with Crippen molar-refractivity contribution >= 4 is 0 Å². The van der Waals surface area contributed by atoms with E-state index >= 15 is 0 Å². The molecule has 0 bridgehead atoms. The van der Waals surface area contributed by atoms with E-state index in [1.807, 2.05) is 121 Å². The molecular formula is C45H25N9. The molecule has 0 spiro atoms. The molecule has 0 atom stereocenters. The van der Waals surface area contributed by atoms with Crippen molar-refractivity contribution < 1.29 is 0 Å². The van der Waals surface area contributed by atoms with Gasteiger partial charge in [0.25, 0.3) is 0 Å². The third-order valence-electron chi connectivity index (χ3n) is 8.66. The van der Waals surface area contributed by atoms with Crippen molar-refractivity contribution in [2.45, 2.75) is 0 Å². The Labute approximate surface area is 310 Å². The van der Waals surface area contributed by atoms with Gasteiger partial charge in [0.15, 0.2) is 17.5 Å². The Morgan fingerprint density at radius 1 is 0.296 bits per heavy atom. The Morgan fingerprint density at radius 3 is 1.28 bits per heavy atom. The smallest absolute Gasteiger partial charge is 0.164 e. The van der Waals surface area contributed by atoms with Crippen LogP contribution < -0.4 is 0 Å². The summed E-state index contributed by atoms with van der Waals surface area (Å²) in [6.45, 7) is 0. The fourth-order valence-corrected chi connectivity index (χ4v) is 6.00. The van der Waals surface area contributed by atoms with Crippen molar-refractivity contribution in [2.24, 2.45) is 0 Å². The van der Waals surface area contributed by atoms with E-state index in [1.165, 1.54) is 0 Å². The van der Waals surface area contributed by atoms with Gasteiger partial charge >= 0.3 is 0 Å². The van der Waals surface area contributed by atoms with Gasteiger partial charge in [-0.3, -0.25) is 0 Å². The van der Waals surface area contributed by atoms with E-state index in [-0.39, 0.29) is 0 Å². The van der Waals surface area contributed by atoms with Crippen LogP contribution in [0.2, 0.25) is 0 Å². The maximum Gasteiger partial charge on any atom is 0.164 e. The third kappa shape index (κ3) is 6.91. The van der Waals surface area contributed by atoms with Gasteiger partial charge in [0.2, 0.25) is 0 Å². The van der Waals surface area contributed by atoms with Crippen LogP contribution in [0.5, 0.6) is 0 Å². The molecule has 8 aromatic rings. The number of hydrogen-bond donors (Lipinski definition) is 0. The quantitative estimate of drug-likeness (QED) is 0.159. The van der Waals surface area contributed by atoms with Crippen molar-refractivity contribution in [3.63, 3.8) is 0 Å². The molecule has 0 radical (unpaired) electrons. The summed E-state index contributed by atoms with van der Waals surface area (Å²) >= 11 is 0. The molecule has 0 unspecified atom stereocenters. The number of hydrogen-bond acceptors (Lipinski definition) is 9. The van der Waals surface area contributed by atoms with Crippen molar-refractivity contribution in [3.8, 4) is 97.4 Å². The van der Waals surface area contributed by atoms with Crippen molar-refractivity contribution in [3.05, 3.63) is 169 Å². The van der Waals surface area contributed by atoms with Gasteiger partial charge in [-0.2, -0.15) is 15.8 Å². The van der Waals surface area contributed by atoms with E-state index in [4.69, 9.17) is 19.9 Å². The zero-order valence-corrected chi connectivity index (χ0v) is 28.5. The maximum absolute atomic E-state index is 10.0. The van der Waals surface area contributed by atoms with E-state index in [9.17, 15) is 15.8 Å². The Hall–Kier alpha value is -8.19. The lowest BCUT2D eigenvalue weighted by Crippen LogP contribution is -2.00. The standard InChI is InChI=1S/C45H25N9/c46-26-29-22-41(34-11-4-10-33(24-34)40-17-7-15-38(28-48)50-40)51-42(23-29)35-12-5-13-36(25-35)45-53-43(31-8-2-1-3-9-31)52-44(54-45)32-20-18-30(19-21-32)39-16-6-14-37(27-47)49-39/h1-25H. The van der Waals surface area contributed by atoms with Crippen LogP contribution >= 0.6 is 0 Å². The van der Waals surface area contributed by atoms with E-state index in [0.29, 0.717) is 57.2 Å². The number of nitrogens with zero attached hydrogens (tertiary/aromatic N) is 9. The second-order valence-electron chi connectivity index (χ2n) is 12.2. The molecule has 0 aliphatic rings. The molecule has 8 rings (SSSR count). The molecule has 250 valence electrons.